The van der Waals surface area contributed by atoms with Crippen molar-refractivity contribution < 1.29 is 13.5 Å². The zero-order valence-corrected chi connectivity index (χ0v) is 12.1. The molecule has 0 spiro atoms. The molecule has 4 heteroatoms. The summed E-state index contributed by atoms with van der Waals surface area (Å²) in [6.07, 6.45) is 0. The van der Waals surface area contributed by atoms with Crippen LogP contribution in [0.4, 0.5) is 8.78 Å². The van der Waals surface area contributed by atoms with E-state index in [1.165, 1.54) is 12.1 Å². The van der Waals surface area contributed by atoms with E-state index in [4.69, 9.17) is 10.5 Å². The van der Waals surface area contributed by atoms with Crippen LogP contribution >= 0.6 is 0 Å². The van der Waals surface area contributed by atoms with Crippen LogP contribution < -0.4 is 10.5 Å². The van der Waals surface area contributed by atoms with Gasteiger partial charge in [0.25, 0.3) is 0 Å². The van der Waals surface area contributed by atoms with E-state index in [1.807, 2.05) is 24.3 Å². The zero-order chi connectivity index (χ0) is 15.4. The summed E-state index contributed by atoms with van der Waals surface area (Å²) >= 11 is 0. The monoisotopic (exact) mass is 291 g/mol. The van der Waals surface area contributed by atoms with E-state index in [0.29, 0.717) is 5.92 Å². The molecule has 112 valence electrons. The van der Waals surface area contributed by atoms with Crippen molar-refractivity contribution in [2.24, 2.45) is 5.73 Å². The molecule has 1 atom stereocenters. The van der Waals surface area contributed by atoms with Crippen LogP contribution in [0.1, 0.15) is 36.9 Å². The van der Waals surface area contributed by atoms with Gasteiger partial charge in [0.15, 0.2) is 11.6 Å². The van der Waals surface area contributed by atoms with Crippen molar-refractivity contribution in [3.05, 3.63) is 65.2 Å². The Hall–Kier alpha value is -1.94. The van der Waals surface area contributed by atoms with E-state index in [2.05, 4.69) is 13.8 Å². The summed E-state index contributed by atoms with van der Waals surface area (Å²) in [7, 11) is 0. The predicted octanol–water partition coefficient (Wildman–Crippen LogP) is 4.17. The van der Waals surface area contributed by atoms with Crippen LogP contribution in [-0.2, 0) is 0 Å². The molecule has 0 heterocycles. The molecule has 0 aliphatic carbocycles. The minimum atomic E-state index is -0.911. The highest BCUT2D eigenvalue weighted by Crippen LogP contribution is 2.27. The molecular weight excluding hydrogens is 272 g/mol. The second-order valence-electron chi connectivity index (χ2n) is 5.25. The second-order valence-corrected chi connectivity index (χ2v) is 5.25. The topological polar surface area (TPSA) is 35.2 Å². The first kappa shape index (κ1) is 15.4. The Kier molecular flexibility index (Phi) is 4.91. The van der Waals surface area contributed by atoms with Gasteiger partial charge in [-0.25, -0.2) is 8.78 Å². The highest BCUT2D eigenvalue weighted by molar-refractivity contribution is 5.35. The van der Waals surface area contributed by atoms with Crippen molar-refractivity contribution in [3.63, 3.8) is 0 Å². The lowest BCUT2D eigenvalue weighted by Crippen LogP contribution is -2.21. The average Bonchev–Trinajstić information content (AvgIpc) is 2.47. The number of hydrogen-bond acceptors (Lipinski definition) is 2. The van der Waals surface area contributed by atoms with Crippen LogP contribution in [-0.4, -0.2) is 6.61 Å². The number of nitrogens with two attached hydrogens (primary N) is 1. The molecule has 21 heavy (non-hydrogen) atoms. The number of halogens is 2. The second kappa shape index (κ2) is 6.68. The molecule has 0 aliphatic rings. The third kappa shape index (κ3) is 3.58. The van der Waals surface area contributed by atoms with Gasteiger partial charge < -0.3 is 10.5 Å². The van der Waals surface area contributed by atoms with Crippen molar-refractivity contribution in [1.82, 2.24) is 0 Å². The largest absolute Gasteiger partial charge is 0.491 e. The normalized spacial score (nSPS) is 12.5. The molecule has 0 aromatic heterocycles. The van der Waals surface area contributed by atoms with Crippen LogP contribution in [0.5, 0.6) is 5.75 Å². The lowest BCUT2D eigenvalue weighted by molar-refractivity contribution is 0.283. The van der Waals surface area contributed by atoms with E-state index >= 15 is 0 Å². The lowest BCUT2D eigenvalue weighted by Gasteiger charge is -2.17. The molecule has 2 N–H and O–H groups in total. The number of rotatable bonds is 5. The third-order valence-corrected chi connectivity index (χ3v) is 3.34. The first-order chi connectivity index (χ1) is 10.0. The quantitative estimate of drug-likeness (QED) is 0.897. The Labute approximate surface area is 123 Å². The number of para-hydroxylation sites is 1. The summed E-state index contributed by atoms with van der Waals surface area (Å²) in [5, 5.41) is 0. The van der Waals surface area contributed by atoms with E-state index in [1.54, 1.807) is 0 Å². The van der Waals surface area contributed by atoms with Crippen LogP contribution in [0.2, 0.25) is 0 Å². The fourth-order valence-electron chi connectivity index (χ4n) is 2.17. The van der Waals surface area contributed by atoms with E-state index in [9.17, 15) is 8.78 Å². The Morgan fingerprint density at radius 3 is 2.38 bits per heavy atom. The first-order valence-electron chi connectivity index (χ1n) is 6.92. The molecule has 0 bridgehead atoms. The lowest BCUT2D eigenvalue weighted by atomic mass is 10.0. The number of hydrogen-bond donors (Lipinski definition) is 1. The summed E-state index contributed by atoms with van der Waals surface area (Å²) in [6.45, 7) is 4.22. The van der Waals surface area contributed by atoms with Crippen molar-refractivity contribution in [3.8, 4) is 5.75 Å². The van der Waals surface area contributed by atoms with Gasteiger partial charge in [0.05, 0.1) is 6.04 Å². The maximum atomic E-state index is 13.7. The highest BCUT2D eigenvalue weighted by atomic mass is 19.2. The van der Waals surface area contributed by atoms with Crippen molar-refractivity contribution in [2.75, 3.05) is 6.61 Å². The molecule has 2 rings (SSSR count). The molecule has 2 aromatic carbocycles. The van der Waals surface area contributed by atoms with Gasteiger partial charge in [0.1, 0.15) is 12.4 Å². The van der Waals surface area contributed by atoms with Crippen molar-refractivity contribution >= 4 is 0 Å². The fourth-order valence-corrected chi connectivity index (χ4v) is 2.17. The highest BCUT2D eigenvalue weighted by Gasteiger charge is 2.16. The van der Waals surface area contributed by atoms with Gasteiger partial charge in [-0.3, -0.25) is 0 Å². The molecule has 2 nitrogen and oxygen atoms in total. The third-order valence-electron chi connectivity index (χ3n) is 3.34. The van der Waals surface area contributed by atoms with Crippen molar-refractivity contribution in [2.45, 2.75) is 25.8 Å². The predicted molar refractivity (Wildman–Crippen MR) is 79.3 cm³/mol. The van der Waals surface area contributed by atoms with Gasteiger partial charge in [-0.1, -0.05) is 44.2 Å². The summed E-state index contributed by atoms with van der Waals surface area (Å²) in [5.74, 6) is -0.778. The minimum absolute atomic E-state index is 0.0874. The molecule has 0 amide bonds. The SMILES string of the molecule is CC(C)c1ccccc1OCC(N)c1cccc(F)c1F. The molecular formula is C17H19F2NO. The van der Waals surface area contributed by atoms with Gasteiger partial charge in [-0.2, -0.15) is 0 Å². The fraction of sp³-hybridized carbons (Fsp3) is 0.294. The summed E-state index contributed by atoms with van der Waals surface area (Å²) < 4.78 is 32.6. The van der Waals surface area contributed by atoms with E-state index in [0.717, 1.165) is 17.4 Å². The molecule has 0 radical (unpaired) electrons. The van der Waals surface area contributed by atoms with Gasteiger partial charge in [-0.15, -0.1) is 0 Å². The molecule has 2 aromatic rings. The molecule has 0 saturated carbocycles. The van der Waals surface area contributed by atoms with E-state index < -0.39 is 17.7 Å². The van der Waals surface area contributed by atoms with E-state index in [-0.39, 0.29) is 12.2 Å². The summed E-state index contributed by atoms with van der Waals surface area (Å²) in [4.78, 5) is 0. The Bertz CT molecular complexity index is 613. The average molecular weight is 291 g/mol. The minimum Gasteiger partial charge on any atom is -0.491 e. The maximum absolute atomic E-state index is 13.7. The number of ether oxygens (including phenoxy) is 1. The van der Waals surface area contributed by atoms with Gasteiger partial charge in [-0.05, 0) is 23.6 Å². The Morgan fingerprint density at radius 2 is 1.67 bits per heavy atom. The smallest absolute Gasteiger partial charge is 0.163 e. The molecule has 0 aliphatic heterocycles. The van der Waals surface area contributed by atoms with Gasteiger partial charge in [0, 0.05) is 5.56 Å². The standard InChI is InChI=1S/C17H19F2NO/c1-11(2)12-6-3-4-9-16(12)21-10-15(20)13-7-5-8-14(18)17(13)19/h3-9,11,15H,10,20H2,1-2H3. The Morgan fingerprint density at radius 1 is 1.00 bits per heavy atom. The Balaban J connectivity index is 2.11. The van der Waals surface area contributed by atoms with Gasteiger partial charge in [0.2, 0.25) is 0 Å². The van der Waals surface area contributed by atoms with Gasteiger partial charge >= 0.3 is 0 Å². The number of benzene rings is 2. The summed E-state index contributed by atoms with van der Waals surface area (Å²) in [6, 6.07) is 10.9. The molecule has 1 unspecified atom stereocenters. The molecule has 0 fully saturated rings. The van der Waals surface area contributed by atoms with Crippen LogP contribution in [0.15, 0.2) is 42.5 Å². The first-order valence-corrected chi connectivity index (χ1v) is 6.92. The van der Waals surface area contributed by atoms with Crippen molar-refractivity contribution in [1.29, 1.82) is 0 Å². The van der Waals surface area contributed by atoms with Crippen LogP contribution in [0, 0.1) is 11.6 Å². The molecule has 0 saturated heterocycles. The zero-order valence-electron chi connectivity index (χ0n) is 12.1. The maximum Gasteiger partial charge on any atom is 0.163 e. The van der Waals surface area contributed by atoms with Crippen LogP contribution in [0.3, 0.4) is 0 Å². The summed E-state index contributed by atoms with van der Waals surface area (Å²) in [5.41, 5.74) is 7.09. The van der Waals surface area contributed by atoms with Crippen LogP contribution in [0.25, 0.3) is 0 Å².